The molecule has 0 atom stereocenters. The third-order valence-electron chi connectivity index (χ3n) is 3.42. The summed E-state index contributed by atoms with van der Waals surface area (Å²) in [5, 5.41) is 28.5. The number of hydrogen-bond acceptors (Lipinski definition) is 4. The topological polar surface area (TPSA) is 87.0 Å². The number of aromatic hydroxyl groups is 2. The van der Waals surface area contributed by atoms with Gasteiger partial charge < -0.3 is 20.1 Å². The molecule has 0 spiro atoms. The summed E-state index contributed by atoms with van der Waals surface area (Å²) in [6.07, 6.45) is 5.17. The van der Waals surface area contributed by atoms with Crippen LogP contribution in [0.5, 0.6) is 17.2 Å². The molecule has 124 valence electrons. The zero-order chi connectivity index (χ0) is 17.7. The third-order valence-corrected chi connectivity index (χ3v) is 3.42. The number of phenolic OH excluding ortho intramolecular Hbond substituents is 2. The van der Waals surface area contributed by atoms with Crippen molar-refractivity contribution in [2.75, 3.05) is 7.11 Å². The largest absolute Gasteiger partial charge is 0.504 e. The summed E-state index contributed by atoms with van der Waals surface area (Å²) in [7, 11) is 1.48. The molecule has 0 saturated carbocycles. The average Bonchev–Trinajstić information content (AvgIpc) is 2.56. The second kappa shape index (κ2) is 7.37. The van der Waals surface area contributed by atoms with Gasteiger partial charge in [0.1, 0.15) is 5.75 Å². The summed E-state index contributed by atoms with van der Waals surface area (Å²) in [5.41, 5.74) is 1.78. The molecular formula is C19H18O5. The number of benzene rings is 2. The summed E-state index contributed by atoms with van der Waals surface area (Å²) >= 11 is 0. The Labute approximate surface area is 139 Å². The van der Waals surface area contributed by atoms with Gasteiger partial charge in [-0.15, -0.1) is 0 Å². The summed E-state index contributed by atoms with van der Waals surface area (Å²) in [6.45, 7) is 1.89. The molecule has 0 radical (unpaired) electrons. The van der Waals surface area contributed by atoms with Gasteiger partial charge in [0.05, 0.1) is 12.7 Å². The molecule has 2 aromatic rings. The van der Waals surface area contributed by atoms with Crippen LogP contribution in [0.15, 0.2) is 42.5 Å². The minimum Gasteiger partial charge on any atom is -0.504 e. The Morgan fingerprint density at radius 2 is 1.75 bits per heavy atom. The van der Waals surface area contributed by atoms with E-state index in [4.69, 9.17) is 4.74 Å². The molecule has 24 heavy (non-hydrogen) atoms. The van der Waals surface area contributed by atoms with Crippen molar-refractivity contribution in [1.82, 2.24) is 0 Å². The van der Waals surface area contributed by atoms with Crippen LogP contribution < -0.4 is 4.74 Å². The molecule has 2 rings (SSSR count). The maximum Gasteiger partial charge on any atom is 0.336 e. The van der Waals surface area contributed by atoms with E-state index >= 15 is 0 Å². The maximum absolute atomic E-state index is 11.7. The van der Waals surface area contributed by atoms with E-state index in [1.165, 1.54) is 31.4 Å². The van der Waals surface area contributed by atoms with Gasteiger partial charge in [0.25, 0.3) is 0 Å². The zero-order valence-electron chi connectivity index (χ0n) is 13.4. The molecule has 0 unspecified atom stereocenters. The van der Waals surface area contributed by atoms with Crippen LogP contribution in [0.4, 0.5) is 0 Å². The molecule has 0 fully saturated rings. The van der Waals surface area contributed by atoms with Gasteiger partial charge in [-0.25, -0.2) is 4.79 Å². The standard InChI is InChI=1S/C19H18O5/c1-3-4-12-5-7-14(18(11-12)24-2)15(19(22)23)9-13-6-8-16(20)17(21)10-13/h3-11,20-21H,1-2H3,(H,22,23). The lowest BCUT2D eigenvalue weighted by Gasteiger charge is -2.11. The molecule has 0 amide bonds. The van der Waals surface area contributed by atoms with Crippen molar-refractivity contribution in [2.45, 2.75) is 6.92 Å². The molecule has 0 aliphatic rings. The monoisotopic (exact) mass is 326 g/mol. The first-order valence-corrected chi connectivity index (χ1v) is 7.24. The van der Waals surface area contributed by atoms with E-state index in [9.17, 15) is 20.1 Å². The van der Waals surface area contributed by atoms with Crippen molar-refractivity contribution in [3.05, 3.63) is 59.2 Å². The third kappa shape index (κ3) is 3.76. The van der Waals surface area contributed by atoms with Gasteiger partial charge in [0, 0.05) is 5.56 Å². The van der Waals surface area contributed by atoms with Gasteiger partial charge in [-0.3, -0.25) is 0 Å². The fraction of sp³-hybridized carbons (Fsp3) is 0.105. The molecule has 0 aliphatic heterocycles. The predicted molar refractivity (Wildman–Crippen MR) is 93.0 cm³/mol. The van der Waals surface area contributed by atoms with Crippen molar-refractivity contribution in [3.8, 4) is 17.2 Å². The number of allylic oxidation sites excluding steroid dienone is 1. The summed E-state index contributed by atoms with van der Waals surface area (Å²) < 4.78 is 5.32. The highest BCUT2D eigenvalue weighted by Crippen LogP contribution is 2.31. The number of hydrogen-bond donors (Lipinski definition) is 3. The highest BCUT2D eigenvalue weighted by Gasteiger charge is 2.16. The second-order valence-corrected chi connectivity index (χ2v) is 5.07. The highest BCUT2D eigenvalue weighted by atomic mass is 16.5. The Bertz CT molecular complexity index is 819. The lowest BCUT2D eigenvalue weighted by molar-refractivity contribution is -0.130. The fourth-order valence-corrected chi connectivity index (χ4v) is 2.28. The van der Waals surface area contributed by atoms with E-state index in [0.717, 1.165) is 5.56 Å². The lowest BCUT2D eigenvalue weighted by atomic mass is 9.99. The quantitative estimate of drug-likeness (QED) is 0.442. The van der Waals surface area contributed by atoms with Crippen LogP contribution in [0.3, 0.4) is 0 Å². The number of carboxylic acid groups (broad SMARTS) is 1. The Morgan fingerprint density at radius 1 is 1.04 bits per heavy atom. The first-order valence-electron chi connectivity index (χ1n) is 7.24. The number of carboxylic acids is 1. The average molecular weight is 326 g/mol. The van der Waals surface area contributed by atoms with E-state index in [1.54, 1.807) is 18.2 Å². The Kier molecular flexibility index (Phi) is 5.27. The van der Waals surface area contributed by atoms with E-state index in [-0.39, 0.29) is 17.1 Å². The number of ether oxygens (including phenoxy) is 1. The maximum atomic E-state index is 11.7. The molecule has 0 bridgehead atoms. The van der Waals surface area contributed by atoms with Gasteiger partial charge in [0.15, 0.2) is 11.5 Å². The number of phenols is 2. The molecule has 0 saturated heterocycles. The molecule has 0 aromatic heterocycles. The number of aliphatic carboxylic acids is 1. The van der Waals surface area contributed by atoms with Crippen LogP contribution in [-0.2, 0) is 4.79 Å². The van der Waals surface area contributed by atoms with Gasteiger partial charge in [-0.1, -0.05) is 24.3 Å². The first-order chi connectivity index (χ1) is 11.5. The molecule has 5 nitrogen and oxygen atoms in total. The van der Waals surface area contributed by atoms with E-state index in [0.29, 0.717) is 16.9 Å². The molecule has 3 N–H and O–H groups in total. The van der Waals surface area contributed by atoms with Crippen LogP contribution in [0.25, 0.3) is 17.7 Å². The van der Waals surface area contributed by atoms with Crippen LogP contribution in [0.1, 0.15) is 23.6 Å². The van der Waals surface area contributed by atoms with Crippen molar-refractivity contribution >= 4 is 23.7 Å². The number of rotatable bonds is 5. The van der Waals surface area contributed by atoms with E-state index in [1.807, 2.05) is 19.1 Å². The second-order valence-electron chi connectivity index (χ2n) is 5.07. The van der Waals surface area contributed by atoms with Gasteiger partial charge >= 0.3 is 5.97 Å². The van der Waals surface area contributed by atoms with Gasteiger partial charge in [-0.2, -0.15) is 0 Å². The van der Waals surface area contributed by atoms with Crippen LogP contribution in [-0.4, -0.2) is 28.4 Å². The van der Waals surface area contributed by atoms with Crippen LogP contribution in [0, 0.1) is 0 Å². The van der Waals surface area contributed by atoms with E-state index < -0.39 is 5.97 Å². The predicted octanol–water partition coefficient (Wildman–Crippen LogP) is 3.76. The number of methoxy groups -OCH3 is 1. The normalized spacial score (nSPS) is 11.7. The Balaban J connectivity index is 2.56. The SMILES string of the molecule is CC=Cc1ccc(C(=Cc2ccc(O)c(O)c2)C(=O)O)c(OC)c1. The minimum atomic E-state index is -1.13. The minimum absolute atomic E-state index is 0.0176. The van der Waals surface area contributed by atoms with Crippen LogP contribution >= 0.6 is 0 Å². The van der Waals surface area contributed by atoms with Crippen molar-refractivity contribution in [3.63, 3.8) is 0 Å². The Morgan fingerprint density at radius 3 is 2.33 bits per heavy atom. The van der Waals surface area contributed by atoms with E-state index in [2.05, 4.69) is 0 Å². The Hall–Kier alpha value is -3.21. The van der Waals surface area contributed by atoms with Gasteiger partial charge in [0.2, 0.25) is 0 Å². The summed E-state index contributed by atoms with van der Waals surface area (Å²) in [4.78, 5) is 11.7. The lowest BCUT2D eigenvalue weighted by Crippen LogP contribution is -2.02. The van der Waals surface area contributed by atoms with Crippen molar-refractivity contribution < 1.29 is 24.9 Å². The fourth-order valence-electron chi connectivity index (χ4n) is 2.28. The molecular weight excluding hydrogens is 308 g/mol. The van der Waals surface area contributed by atoms with Crippen molar-refractivity contribution in [2.24, 2.45) is 0 Å². The van der Waals surface area contributed by atoms with Crippen molar-refractivity contribution in [1.29, 1.82) is 0 Å². The summed E-state index contributed by atoms with van der Waals surface area (Å²) in [6, 6.07) is 9.32. The molecule has 0 heterocycles. The first kappa shape index (κ1) is 17.1. The van der Waals surface area contributed by atoms with Crippen LogP contribution in [0.2, 0.25) is 0 Å². The smallest absolute Gasteiger partial charge is 0.336 e. The number of carbonyl (C=O) groups is 1. The molecule has 2 aromatic carbocycles. The summed E-state index contributed by atoms with van der Waals surface area (Å²) in [5.74, 6) is -1.27. The molecule has 0 aliphatic carbocycles. The molecule has 5 heteroatoms. The zero-order valence-corrected chi connectivity index (χ0v) is 13.4. The highest BCUT2D eigenvalue weighted by molar-refractivity contribution is 6.21. The van der Waals surface area contributed by atoms with Gasteiger partial charge in [-0.05, 0) is 48.4 Å².